The van der Waals surface area contributed by atoms with Crippen molar-refractivity contribution in [2.45, 2.75) is 70.6 Å². The molecule has 0 unspecified atom stereocenters. The van der Waals surface area contributed by atoms with Gasteiger partial charge in [0.05, 0.1) is 5.39 Å². The van der Waals surface area contributed by atoms with E-state index in [4.69, 9.17) is 4.74 Å². The van der Waals surface area contributed by atoms with Gasteiger partial charge >= 0.3 is 6.09 Å². The van der Waals surface area contributed by atoms with Gasteiger partial charge in [-0.25, -0.2) is 14.8 Å². The molecular weight excluding hydrogens is 410 g/mol. The van der Waals surface area contributed by atoms with Crippen molar-refractivity contribution < 1.29 is 14.6 Å². The molecule has 1 saturated carbocycles. The fourth-order valence-corrected chi connectivity index (χ4v) is 4.96. The molecule has 4 rings (SSSR count). The summed E-state index contributed by atoms with van der Waals surface area (Å²) >= 11 is 0. The average molecular weight is 446 g/mol. The number of fused-ring (bicyclic) bond motifs is 1. The van der Waals surface area contributed by atoms with Gasteiger partial charge in [0.15, 0.2) is 0 Å². The first-order chi connectivity index (χ1) is 14.8. The fourth-order valence-electron chi connectivity index (χ4n) is 4.20. The maximum absolute atomic E-state index is 11.4. The molecule has 2 aromatic heterocycles. The third-order valence-electron chi connectivity index (χ3n) is 6.20. The lowest BCUT2D eigenvalue weighted by molar-refractivity contribution is 0.0898. The minimum absolute atomic E-state index is 0.0630. The SMILES string of the molecule is C[Si](C)(C)CCOCn1cc(CC2CC2)c2c(N[C@@H]3CCCN(C(=O)O)C3)ncnc21. The van der Waals surface area contributed by atoms with Crippen molar-refractivity contribution in [1.29, 1.82) is 0 Å². The molecule has 1 amide bonds. The lowest BCUT2D eigenvalue weighted by Crippen LogP contribution is -2.44. The maximum atomic E-state index is 11.4. The van der Waals surface area contributed by atoms with Crippen LogP contribution >= 0.6 is 0 Å². The maximum Gasteiger partial charge on any atom is 0.407 e. The van der Waals surface area contributed by atoms with Gasteiger partial charge in [0, 0.05) is 40.0 Å². The second kappa shape index (κ2) is 9.16. The van der Waals surface area contributed by atoms with E-state index in [0.29, 0.717) is 19.8 Å². The number of amides is 1. The predicted molar refractivity (Wildman–Crippen MR) is 124 cm³/mol. The zero-order chi connectivity index (χ0) is 22.0. The number of anilines is 1. The highest BCUT2D eigenvalue weighted by Crippen LogP contribution is 2.37. The fraction of sp³-hybridized carbons (Fsp3) is 0.682. The number of nitrogens with zero attached hydrogens (tertiary/aromatic N) is 4. The van der Waals surface area contributed by atoms with E-state index >= 15 is 0 Å². The molecule has 3 heterocycles. The van der Waals surface area contributed by atoms with Gasteiger partial charge in [-0.2, -0.15) is 0 Å². The first-order valence-corrected chi connectivity index (χ1v) is 15.2. The van der Waals surface area contributed by atoms with Gasteiger partial charge in [-0.3, -0.25) is 0 Å². The zero-order valence-electron chi connectivity index (χ0n) is 18.9. The van der Waals surface area contributed by atoms with Crippen LogP contribution in [0.25, 0.3) is 11.0 Å². The van der Waals surface area contributed by atoms with Gasteiger partial charge in [-0.15, -0.1) is 0 Å². The summed E-state index contributed by atoms with van der Waals surface area (Å²) in [5, 5.41) is 14.0. The summed E-state index contributed by atoms with van der Waals surface area (Å²) in [5.74, 6) is 1.57. The third kappa shape index (κ3) is 5.77. The van der Waals surface area contributed by atoms with Gasteiger partial charge in [-0.05, 0) is 49.6 Å². The van der Waals surface area contributed by atoms with E-state index in [-0.39, 0.29) is 6.04 Å². The van der Waals surface area contributed by atoms with Crippen LogP contribution in [0.2, 0.25) is 25.7 Å². The van der Waals surface area contributed by atoms with E-state index < -0.39 is 14.2 Å². The Balaban J connectivity index is 1.54. The molecule has 2 fully saturated rings. The lowest BCUT2D eigenvalue weighted by atomic mass is 10.1. The van der Waals surface area contributed by atoms with Gasteiger partial charge in [0.25, 0.3) is 0 Å². The first kappa shape index (κ1) is 22.1. The van der Waals surface area contributed by atoms with Crippen molar-refractivity contribution in [3.8, 4) is 0 Å². The van der Waals surface area contributed by atoms with Gasteiger partial charge in [0.1, 0.15) is 24.5 Å². The van der Waals surface area contributed by atoms with Crippen molar-refractivity contribution in [2.75, 3.05) is 25.0 Å². The van der Waals surface area contributed by atoms with E-state index in [1.54, 1.807) is 6.33 Å². The van der Waals surface area contributed by atoms with Crippen molar-refractivity contribution in [3.63, 3.8) is 0 Å². The second-order valence-electron chi connectivity index (χ2n) is 10.3. The van der Waals surface area contributed by atoms with Crippen molar-refractivity contribution >= 4 is 31.0 Å². The number of hydrogen-bond acceptors (Lipinski definition) is 5. The van der Waals surface area contributed by atoms with Crippen molar-refractivity contribution in [1.82, 2.24) is 19.4 Å². The number of rotatable bonds is 9. The Bertz CT molecular complexity index is 922. The number of nitrogens with one attached hydrogen (secondary N) is 1. The second-order valence-corrected chi connectivity index (χ2v) is 15.9. The highest BCUT2D eigenvalue weighted by Gasteiger charge is 2.27. The van der Waals surface area contributed by atoms with E-state index in [1.807, 2.05) is 0 Å². The molecule has 2 aliphatic rings. The standard InChI is InChI=1S/C22H35N5O3Si/c1-31(2,3)10-9-30-15-27-12-17(11-16-6-7-16)19-20(23-14-24-21(19)27)25-18-5-4-8-26(13-18)22(28)29/h12,14,16,18H,4-11,13,15H2,1-3H3,(H,28,29)(H,23,24,25)/t18-/m1/s1. The van der Waals surface area contributed by atoms with Crippen molar-refractivity contribution in [2.24, 2.45) is 5.92 Å². The molecule has 0 aromatic carbocycles. The van der Waals surface area contributed by atoms with Crippen LogP contribution in [-0.4, -0.2) is 64.4 Å². The van der Waals surface area contributed by atoms with Crippen LogP contribution in [0.15, 0.2) is 12.5 Å². The summed E-state index contributed by atoms with van der Waals surface area (Å²) in [6, 6.07) is 1.21. The number of ether oxygens (including phenoxy) is 1. The molecule has 0 radical (unpaired) electrons. The van der Waals surface area contributed by atoms with Crippen LogP contribution in [0.3, 0.4) is 0 Å². The molecule has 9 heteroatoms. The number of likely N-dealkylation sites (tertiary alicyclic amines) is 1. The number of carbonyl (C=O) groups is 1. The van der Waals surface area contributed by atoms with Gasteiger partial charge < -0.3 is 24.6 Å². The number of aromatic nitrogens is 3. The van der Waals surface area contributed by atoms with Crippen LogP contribution in [0.1, 0.15) is 31.2 Å². The lowest BCUT2D eigenvalue weighted by Gasteiger charge is -2.31. The number of piperidine rings is 1. The minimum atomic E-state index is -1.12. The smallest absolute Gasteiger partial charge is 0.407 e. The van der Waals surface area contributed by atoms with Crippen LogP contribution in [0.4, 0.5) is 10.6 Å². The average Bonchev–Trinajstić information content (AvgIpc) is 3.46. The molecule has 31 heavy (non-hydrogen) atoms. The van der Waals surface area contributed by atoms with E-state index in [2.05, 4.69) is 45.7 Å². The van der Waals surface area contributed by atoms with Crippen molar-refractivity contribution in [3.05, 3.63) is 18.1 Å². The van der Waals surface area contributed by atoms with E-state index in [9.17, 15) is 9.90 Å². The quantitative estimate of drug-likeness (QED) is 0.443. The Labute approximate surface area is 185 Å². The molecule has 1 atom stereocenters. The summed E-state index contributed by atoms with van der Waals surface area (Å²) in [6.07, 6.45) is 8.33. The number of hydrogen-bond donors (Lipinski definition) is 2. The Hall–Kier alpha value is -2.13. The van der Waals surface area contributed by atoms with Crippen LogP contribution in [0, 0.1) is 5.92 Å². The molecule has 170 valence electrons. The first-order valence-electron chi connectivity index (χ1n) is 11.4. The summed E-state index contributed by atoms with van der Waals surface area (Å²) in [6.45, 7) is 9.43. The Morgan fingerprint density at radius 1 is 1.29 bits per heavy atom. The zero-order valence-corrected chi connectivity index (χ0v) is 19.9. The van der Waals surface area contributed by atoms with E-state index in [0.717, 1.165) is 54.7 Å². The summed E-state index contributed by atoms with van der Waals surface area (Å²) in [4.78, 5) is 22.0. The molecule has 0 bridgehead atoms. The summed E-state index contributed by atoms with van der Waals surface area (Å²) < 4.78 is 8.12. The highest BCUT2D eigenvalue weighted by atomic mass is 28.3. The molecule has 8 nitrogen and oxygen atoms in total. The molecule has 1 saturated heterocycles. The summed E-state index contributed by atoms with van der Waals surface area (Å²) in [7, 11) is -1.12. The minimum Gasteiger partial charge on any atom is -0.465 e. The van der Waals surface area contributed by atoms with Crippen LogP contribution < -0.4 is 5.32 Å². The third-order valence-corrected chi connectivity index (χ3v) is 7.90. The van der Waals surface area contributed by atoms with Gasteiger partial charge in [0.2, 0.25) is 0 Å². The van der Waals surface area contributed by atoms with Crippen LogP contribution in [0.5, 0.6) is 0 Å². The Kier molecular flexibility index (Phi) is 6.52. The van der Waals surface area contributed by atoms with Crippen LogP contribution in [-0.2, 0) is 17.9 Å². The van der Waals surface area contributed by atoms with E-state index in [1.165, 1.54) is 23.3 Å². The molecule has 2 N–H and O–H groups in total. The molecular formula is C22H35N5O3Si. The Morgan fingerprint density at radius 3 is 2.81 bits per heavy atom. The molecule has 1 aliphatic carbocycles. The monoisotopic (exact) mass is 445 g/mol. The Morgan fingerprint density at radius 2 is 2.10 bits per heavy atom. The summed E-state index contributed by atoms with van der Waals surface area (Å²) in [5.41, 5.74) is 2.16. The predicted octanol–water partition coefficient (Wildman–Crippen LogP) is 4.25. The largest absolute Gasteiger partial charge is 0.465 e. The molecule has 2 aromatic rings. The normalized spacial score (nSPS) is 19.7. The topological polar surface area (TPSA) is 92.5 Å². The number of carboxylic acid groups (broad SMARTS) is 1. The highest BCUT2D eigenvalue weighted by molar-refractivity contribution is 6.76. The molecule has 1 aliphatic heterocycles. The molecule has 0 spiro atoms. The van der Waals surface area contributed by atoms with Gasteiger partial charge in [-0.1, -0.05) is 19.6 Å².